The maximum atomic E-state index is 13.5. The van der Waals surface area contributed by atoms with Gasteiger partial charge >= 0.3 is 0 Å². The summed E-state index contributed by atoms with van der Waals surface area (Å²) < 4.78 is 0. The molecule has 0 radical (unpaired) electrons. The van der Waals surface area contributed by atoms with Crippen molar-refractivity contribution in [2.75, 3.05) is 32.7 Å². The molecule has 1 heterocycles. The molecular formula is C36H51N5O5. The second kappa shape index (κ2) is 17.0. The number of rotatable bonds is 18. The molecule has 0 aliphatic carbocycles. The van der Waals surface area contributed by atoms with Crippen LogP contribution in [0, 0.1) is 10.8 Å². The molecule has 1 fully saturated rings. The summed E-state index contributed by atoms with van der Waals surface area (Å²) in [5.41, 5.74) is 5.47. The van der Waals surface area contributed by atoms with Gasteiger partial charge in [-0.15, -0.1) is 0 Å². The van der Waals surface area contributed by atoms with Gasteiger partial charge in [-0.3, -0.25) is 24.0 Å². The Morgan fingerprint density at radius 1 is 0.826 bits per heavy atom. The Morgan fingerprint density at radius 2 is 1.39 bits per heavy atom. The standard InChI is InChI=1S/C36H51N5O5/c1-5-35(3,25-36(4,34(46)39-20-10-19-37)24-26(2)41-23-9-14-30(41)42)33(45)40-22-11-21-38-32(44)29-17-15-28(16-18-29)31(43)27-12-7-6-8-13-27/h6-8,12-13,15-18,26H,5,9-11,14,19-25,37H2,1-4H3,(H,38,44)(H,39,46)(H,40,45). The van der Waals surface area contributed by atoms with Crippen molar-refractivity contribution in [2.45, 2.75) is 78.7 Å². The first-order chi connectivity index (χ1) is 21.9. The van der Waals surface area contributed by atoms with Crippen molar-refractivity contribution in [1.82, 2.24) is 20.9 Å². The third-order valence-corrected chi connectivity index (χ3v) is 9.08. The zero-order chi connectivity index (χ0) is 33.7. The summed E-state index contributed by atoms with van der Waals surface area (Å²) in [7, 11) is 0. The summed E-state index contributed by atoms with van der Waals surface area (Å²) in [6.07, 6.45) is 3.82. The average molecular weight is 634 g/mol. The van der Waals surface area contributed by atoms with E-state index in [-0.39, 0.29) is 35.5 Å². The van der Waals surface area contributed by atoms with Gasteiger partial charge in [0.05, 0.1) is 0 Å². The van der Waals surface area contributed by atoms with Gasteiger partial charge in [-0.25, -0.2) is 0 Å². The number of amides is 4. The number of carbonyl (C=O) groups excluding carboxylic acids is 5. The average Bonchev–Trinajstić information content (AvgIpc) is 3.50. The van der Waals surface area contributed by atoms with E-state index >= 15 is 0 Å². The largest absolute Gasteiger partial charge is 0.356 e. The molecule has 3 rings (SSSR count). The van der Waals surface area contributed by atoms with Crippen molar-refractivity contribution < 1.29 is 24.0 Å². The zero-order valence-electron chi connectivity index (χ0n) is 27.8. The minimum atomic E-state index is -0.881. The third-order valence-electron chi connectivity index (χ3n) is 9.08. The van der Waals surface area contributed by atoms with Crippen LogP contribution in [0.3, 0.4) is 0 Å². The number of likely N-dealkylation sites (tertiary alicyclic amines) is 1. The zero-order valence-corrected chi connectivity index (χ0v) is 27.8. The molecule has 1 aliphatic rings. The number of ketones is 1. The second-order valence-corrected chi connectivity index (χ2v) is 12.9. The first-order valence-corrected chi connectivity index (χ1v) is 16.5. The molecule has 250 valence electrons. The summed E-state index contributed by atoms with van der Waals surface area (Å²) in [6.45, 7) is 10.0. The summed E-state index contributed by atoms with van der Waals surface area (Å²) in [5.74, 6) is -0.536. The number of nitrogens with one attached hydrogen (secondary N) is 3. The summed E-state index contributed by atoms with van der Waals surface area (Å²) in [4.78, 5) is 66.6. The number of carbonyl (C=O) groups is 5. The van der Waals surface area contributed by atoms with E-state index in [4.69, 9.17) is 5.73 Å². The molecule has 46 heavy (non-hydrogen) atoms. The SMILES string of the molecule is CCC(C)(CC(C)(CC(C)N1CCCC1=O)C(=O)NCCCN)C(=O)NCCCNC(=O)c1ccc(C(=O)c2ccccc2)cc1. The molecule has 0 aromatic heterocycles. The fourth-order valence-electron chi connectivity index (χ4n) is 6.22. The predicted molar refractivity (Wildman–Crippen MR) is 179 cm³/mol. The maximum Gasteiger partial charge on any atom is 0.251 e. The minimum absolute atomic E-state index is 0.105. The van der Waals surface area contributed by atoms with E-state index in [1.54, 1.807) is 36.4 Å². The van der Waals surface area contributed by atoms with Gasteiger partial charge < -0.3 is 26.6 Å². The van der Waals surface area contributed by atoms with Gasteiger partial charge in [0.15, 0.2) is 5.78 Å². The fraction of sp³-hybridized carbons (Fsp3) is 0.528. The Bertz CT molecular complexity index is 1350. The number of benzene rings is 2. The van der Waals surface area contributed by atoms with Crippen LogP contribution in [0.4, 0.5) is 0 Å². The van der Waals surface area contributed by atoms with Crippen LogP contribution in [-0.4, -0.2) is 73.1 Å². The summed E-state index contributed by atoms with van der Waals surface area (Å²) >= 11 is 0. The van der Waals surface area contributed by atoms with Gasteiger partial charge in [-0.05, 0) is 64.1 Å². The van der Waals surface area contributed by atoms with Crippen LogP contribution < -0.4 is 21.7 Å². The molecule has 10 nitrogen and oxygen atoms in total. The van der Waals surface area contributed by atoms with E-state index in [2.05, 4.69) is 16.0 Å². The third kappa shape index (κ3) is 9.72. The molecule has 0 saturated carbocycles. The summed E-state index contributed by atoms with van der Waals surface area (Å²) in [5, 5.41) is 8.88. The predicted octanol–water partition coefficient (Wildman–Crippen LogP) is 3.83. The van der Waals surface area contributed by atoms with Crippen molar-refractivity contribution in [2.24, 2.45) is 16.6 Å². The monoisotopic (exact) mass is 633 g/mol. The van der Waals surface area contributed by atoms with E-state index < -0.39 is 10.8 Å². The highest BCUT2D eigenvalue weighted by molar-refractivity contribution is 6.09. The fourth-order valence-corrected chi connectivity index (χ4v) is 6.22. The first kappa shape index (κ1) is 36.4. The van der Waals surface area contributed by atoms with Gasteiger partial charge in [0.2, 0.25) is 17.7 Å². The molecular weight excluding hydrogens is 582 g/mol. The Balaban J connectivity index is 1.53. The maximum absolute atomic E-state index is 13.5. The van der Waals surface area contributed by atoms with Crippen LogP contribution in [-0.2, 0) is 14.4 Å². The Morgan fingerprint density at radius 3 is 1.98 bits per heavy atom. The highest BCUT2D eigenvalue weighted by Crippen LogP contribution is 2.41. The normalized spacial score (nSPS) is 16.2. The summed E-state index contributed by atoms with van der Waals surface area (Å²) in [6, 6.07) is 15.4. The first-order valence-electron chi connectivity index (χ1n) is 16.5. The Kier molecular flexibility index (Phi) is 13.5. The van der Waals surface area contributed by atoms with E-state index in [1.807, 2.05) is 50.8 Å². The quantitative estimate of drug-likeness (QED) is 0.145. The Hall–Kier alpha value is -4.05. The highest BCUT2D eigenvalue weighted by Gasteiger charge is 2.45. The molecule has 2 aromatic rings. The van der Waals surface area contributed by atoms with Crippen molar-refractivity contribution in [3.05, 3.63) is 71.3 Å². The van der Waals surface area contributed by atoms with Crippen molar-refractivity contribution in [3.63, 3.8) is 0 Å². The van der Waals surface area contributed by atoms with E-state index in [0.717, 1.165) is 6.42 Å². The molecule has 0 spiro atoms. The Labute approximate surface area is 273 Å². The van der Waals surface area contributed by atoms with Crippen LogP contribution in [0.5, 0.6) is 0 Å². The van der Waals surface area contributed by atoms with Crippen LogP contribution >= 0.6 is 0 Å². The molecule has 0 bridgehead atoms. The molecule has 3 unspecified atom stereocenters. The van der Waals surface area contributed by atoms with Crippen LogP contribution in [0.15, 0.2) is 54.6 Å². The van der Waals surface area contributed by atoms with Crippen LogP contribution in [0.1, 0.15) is 98.9 Å². The number of hydrogen-bond donors (Lipinski definition) is 4. The topological polar surface area (TPSA) is 151 Å². The van der Waals surface area contributed by atoms with Crippen molar-refractivity contribution in [1.29, 1.82) is 0 Å². The minimum Gasteiger partial charge on any atom is -0.356 e. The van der Waals surface area contributed by atoms with E-state index in [0.29, 0.717) is 87.9 Å². The number of nitrogens with two attached hydrogens (primary N) is 1. The lowest BCUT2D eigenvalue weighted by atomic mass is 9.67. The lowest BCUT2D eigenvalue weighted by Gasteiger charge is -2.40. The molecule has 4 amide bonds. The lowest BCUT2D eigenvalue weighted by molar-refractivity contribution is -0.140. The van der Waals surface area contributed by atoms with Crippen molar-refractivity contribution in [3.8, 4) is 0 Å². The number of nitrogens with zero attached hydrogens (tertiary/aromatic N) is 1. The molecule has 10 heteroatoms. The second-order valence-electron chi connectivity index (χ2n) is 12.9. The molecule has 1 saturated heterocycles. The van der Waals surface area contributed by atoms with Crippen molar-refractivity contribution >= 4 is 29.4 Å². The van der Waals surface area contributed by atoms with E-state index in [9.17, 15) is 24.0 Å². The van der Waals surface area contributed by atoms with Gasteiger partial charge in [-0.1, -0.05) is 63.2 Å². The highest BCUT2D eigenvalue weighted by atomic mass is 16.2. The molecule has 1 aliphatic heterocycles. The van der Waals surface area contributed by atoms with Gasteiger partial charge in [0, 0.05) is 66.2 Å². The van der Waals surface area contributed by atoms with Crippen LogP contribution in [0.2, 0.25) is 0 Å². The smallest absolute Gasteiger partial charge is 0.251 e. The molecule has 3 atom stereocenters. The van der Waals surface area contributed by atoms with E-state index in [1.165, 1.54) is 0 Å². The van der Waals surface area contributed by atoms with Crippen LogP contribution in [0.25, 0.3) is 0 Å². The molecule has 2 aromatic carbocycles. The van der Waals surface area contributed by atoms with Gasteiger partial charge in [0.25, 0.3) is 5.91 Å². The van der Waals surface area contributed by atoms with Gasteiger partial charge in [0.1, 0.15) is 0 Å². The number of hydrogen-bond acceptors (Lipinski definition) is 6. The lowest BCUT2D eigenvalue weighted by Crippen LogP contribution is -2.50. The van der Waals surface area contributed by atoms with Gasteiger partial charge in [-0.2, -0.15) is 0 Å². The molecule has 5 N–H and O–H groups in total.